The van der Waals surface area contributed by atoms with Gasteiger partial charge in [-0.3, -0.25) is 14.5 Å². The summed E-state index contributed by atoms with van der Waals surface area (Å²) < 4.78 is 41.3. The number of benzene rings is 2. The van der Waals surface area contributed by atoms with E-state index in [2.05, 4.69) is 0 Å². The zero-order valence-electron chi connectivity index (χ0n) is 18.8. The number of thioether (sulfide) groups is 1. The molecule has 34 heavy (non-hydrogen) atoms. The first-order valence-electron chi connectivity index (χ1n) is 11.0. The number of halogens is 3. The van der Waals surface area contributed by atoms with E-state index in [1.54, 1.807) is 10.6 Å². The molecule has 2 N–H and O–H groups in total. The molecule has 1 aromatic heterocycles. The number of pyridine rings is 1. The minimum atomic E-state index is -4.46. The highest BCUT2D eigenvalue weighted by Gasteiger charge is 2.30. The molecule has 0 saturated carbocycles. The van der Waals surface area contributed by atoms with Crippen LogP contribution in [0, 0.1) is 5.92 Å². The molecule has 1 atom stereocenters. The average Bonchev–Trinajstić information content (AvgIpc) is 2.81. The molecule has 1 saturated heterocycles. The standard InChI is InChI=1S/C25H26F3N3O2S/c1-34-21-8-7-17-11-19(15-30-9-3-5-18(14-30)23(29)32)24(33)31(22(17)12-21)13-16-4-2-6-20(10-16)25(26,27)28/h2,4,6-8,10-12,18H,3,5,9,13-15H2,1H3,(H2,29,32). The van der Waals surface area contributed by atoms with Gasteiger partial charge in [0.2, 0.25) is 5.91 Å². The lowest BCUT2D eigenvalue weighted by molar-refractivity contribution is -0.137. The number of carbonyl (C=O) groups excluding carboxylic acids is 1. The highest BCUT2D eigenvalue weighted by atomic mass is 32.2. The molecule has 2 heterocycles. The van der Waals surface area contributed by atoms with Crippen LogP contribution in [-0.2, 0) is 24.1 Å². The maximum Gasteiger partial charge on any atom is 0.416 e. The summed E-state index contributed by atoms with van der Waals surface area (Å²) in [5, 5.41) is 0.836. The van der Waals surface area contributed by atoms with Gasteiger partial charge in [0.1, 0.15) is 0 Å². The van der Waals surface area contributed by atoms with Crippen molar-refractivity contribution in [2.45, 2.75) is 37.0 Å². The minimum Gasteiger partial charge on any atom is -0.369 e. The van der Waals surface area contributed by atoms with Crippen LogP contribution in [0.5, 0.6) is 0 Å². The molecule has 4 rings (SSSR count). The monoisotopic (exact) mass is 489 g/mol. The Morgan fingerprint density at radius 1 is 1.15 bits per heavy atom. The number of hydrogen-bond donors (Lipinski definition) is 1. The van der Waals surface area contributed by atoms with Crippen LogP contribution in [0.3, 0.4) is 0 Å². The second kappa shape index (κ2) is 9.84. The minimum absolute atomic E-state index is 0.0227. The van der Waals surface area contributed by atoms with Gasteiger partial charge in [-0.05, 0) is 66.9 Å². The summed E-state index contributed by atoms with van der Waals surface area (Å²) in [6.45, 7) is 1.62. The zero-order valence-corrected chi connectivity index (χ0v) is 19.6. The fraction of sp³-hybridized carbons (Fsp3) is 0.360. The van der Waals surface area contributed by atoms with Gasteiger partial charge in [-0.15, -0.1) is 11.8 Å². The molecule has 1 fully saturated rings. The Morgan fingerprint density at radius 2 is 1.94 bits per heavy atom. The SMILES string of the molecule is CSc1ccc2cc(CN3CCCC(C(N)=O)C3)c(=O)n(Cc3cccc(C(F)(F)F)c3)c2c1. The summed E-state index contributed by atoms with van der Waals surface area (Å²) in [5.74, 6) is -0.583. The second-order valence-corrected chi connectivity index (χ2v) is 9.54. The molecule has 2 aromatic carbocycles. The van der Waals surface area contributed by atoms with Gasteiger partial charge in [0.15, 0.2) is 0 Å². The fourth-order valence-electron chi connectivity index (χ4n) is 4.51. The van der Waals surface area contributed by atoms with Crippen molar-refractivity contribution < 1.29 is 18.0 Å². The molecular formula is C25H26F3N3O2S. The molecule has 1 aliphatic heterocycles. The van der Waals surface area contributed by atoms with E-state index in [0.717, 1.165) is 41.8 Å². The number of rotatable bonds is 6. The number of fused-ring (bicyclic) bond motifs is 1. The summed E-state index contributed by atoms with van der Waals surface area (Å²) in [6.07, 6.45) is -0.976. The third-order valence-corrected chi connectivity index (χ3v) is 7.00. The summed E-state index contributed by atoms with van der Waals surface area (Å²) >= 11 is 1.53. The molecular weight excluding hydrogens is 463 g/mol. The number of nitrogens with two attached hydrogens (primary N) is 1. The topological polar surface area (TPSA) is 68.3 Å². The summed E-state index contributed by atoms with van der Waals surface area (Å²) in [7, 11) is 0. The van der Waals surface area contributed by atoms with E-state index in [9.17, 15) is 22.8 Å². The molecule has 1 aliphatic rings. The zero-order chi connectivity index (χ0) is 24.5. The van der Waals surface area contributed by atoms with Gasteiger partial charge in [-0.2, -0.15) is 13.2 Å². The lowest BCUT2D eigenvalue weighted by Gasteiger charge is -2.31. The van der Waals surface area contributed by atoms with Crippen LogP contribution in [0.1, 0.15) is 29.5 Å². The van der Waals surface area contributed by atoms with Crippen molar-refractivity contribution in [1.29, 1.82) is 0 Å². The maximum atomic E-state index is 13.6. The molecule has 0 radical (unpaired) electrons. The molecule has 180 valence electrons. The van der Waals surface area contributed by atoms with Crippen molar-refractivity contribution in [1.82, 2.24) is 9.47 Å². The highest BCUT2D eigenvalue weighted by Crippen LogP contribution is 2.30. The van der Waals surface area contributed by atoms with Crippen LogP contribution >= 0.6 is 11.8 Å². The highest BCUT2D eigenvalue weighted by molar-refractivity contribution is 7.98. The van der Waals surface area contributed by atoms with Gasteiger partial charge in [0, 0.05) is 23.5 Å². The van der Waals surface area contributed by atoms with Crippen LogP contribution in [0.2, 0.25) is 0 Å². The molecule has 9 heteroatoms. The predicted molar refractivity (Wildman–Crippen MR) is 128 cm³/mol. The molecule has 3 aromatic rings. The largest absolute Gasteiger partial charge is 0.416 e. The third-order valence-electron chi connectivity index (χ3n) is 6.27. The van der Waals surface area contributed by atoms with Crippen molar-refractivity contribution in [3.8, 4) is 0 Å². The first-order chi connectivity index (χ1) is 16.2. The van der Waals surface area contributed by atoms with Gasteiger partial charge in [-0.25, -0.2) is 0 Å². The molecule has 0 aliphatic carbocycles. The van der Waals surface area contributed by atoms with E-state index in [1.807, 2.05) is 35.4 Å². The Hall–Kier alpha value is -2.78. The fourth-order valence-corrected chi connectivity index (χ4v) is 4.94. The van der Waals surface area contributed by atoms with Crippen LogP contribution in [-0.4, -0.2) is 34.7 Å². The maximum absolute atomic E-state index is 13.6. The first-order valence-corrected chi connectivity index (χ1v) is 12.3. The molecule has 0 bridgehead atoms. The van der Waals surface area contributed by atoms with Gasteiger partial charge in [0.25, 0.3) is 5.56 Å². The number of hydrogen-bond acceptors (Lipinski definition) is 4. The molecule has 1 unspecified atom stereocenters. The van der Waals surface area contributed by atoms with Crippen LogP contribution < -0.4 is 11.3 Å². The number of carbonyl (C=O) groups is 1. The lowest BCUT2D eigenvalue weighted by atomic mass is 9.97. The van der Waals surface area contributed by atoms with Gasteiger partial charge in [-0.1, -0.05) is 18.2 Å². The Balaban J connectivity index is 1.76. The molecule has 0 spiro atoms. The third kappa shape index (κ3) is 5.31. The van der Waals surface area contributed by atoms with Crippen molar-refractivity contribution in [3.05, 3.63) is 75.6 Å². The Kier molecular flexibility index (Phi) is 7.04. The Bertz CT molecular complexity index is 1270. The number of primary amides is 1. The van der Waals surface area contributed by atoms with E-state index < -0.39 is 11.7 Å². The van der Waals surface area contributed by atoms with E-state index in [0.29, 0.717) is 29.7 Å². The van der Waals surface area contributed by atoms with Crippen molar-refractivity contribution in [2.75, 3.05) is 19.3 Å². The van der Waals surface area contributed by atoms with E-state index >= 15 is 0 Å². The van der Waals surface area contributed by atoms with Gasteiger partial charge >= 0.3 is 6.18 Å². The number of amides is 1. The van der Waals surface area contributed by atoms with E-state index in [-0.39, 0.29) is 23.9 Å². The summed E-state index contributed by atoms with van der Waals surface area (Å²) in [6, 6.07) is 12.7. The van der Waals surface area contributed by atoms with Crippen molar-refractivity contribution >= 4 is 28.6 Å². The lowest BCUT2D eigenvalue weighted by Crippen LogP contribution is -2.41. The number of likely N-dealkylation sites (tertiary alicyclic amines) is 1. The van der Waals surface area contributed by atoms with E-state index in [1.165, 1.54) is 17.8 Å². The summed E-state index contributed by atoms with van der Waals surface area (Å²) in [4.78, 5) is 28.2. The molecule has 1 amide bonds. The van der Waals surface area contributed by atoms with Crippen LogP contribution in [0.4, 0.5) is 13.2 Å². The Morgan fingerprint density at radius 3 is 2.65 bits per heavy atom. The number of aromatic nitrogens is 1. The quantitative estimate of drug-likeness (QED) is 0.518. The van der Waals surface area contributed by atoms with Crippen molar-refractivity contribution in [2.24, 2.45) is 11.7 Å². The van der Waals surface area contributed by atoms with Crippen molar-refractivity contribution in [3.63, 3.8) is 0 Å². The number of piperidine rings is 1. The predicted octanol–water partition coefficient (Wildman–Crippen LogP) is 4.49. The Labute approximate surface area is 199 Å². The molecule has 5 nitrogen and oxygen atoms in total. The number of alkyl halides is 3. The second-order valence-electron chi connectivity index (χ2n) is 8.66. The van der Waals surface area contributed by atoms with E-state index in [4.69, 9.17) is 5.73 Å². The van der Waals surface area contributed by atoms with Gasteiger partial charge < -0.3 is 10.3 Å². The first kappa shape index (κ1) is 24.3. The normalized spacial score (nSPS) is 17.2. The summed E-state index contributed by atoms with van der Waals surface area (Å²) in [5.41, 5.74) is 6.12. The average molecular weight is 490 g/mol. The van der Waals surface area contributed by atoms with Gasteiger partial charge in [0.05, 0.1) is 23.5 Å². The number of nitrogens with zero attached hydrogens (tertiary/aromatic N) is 2. The van der Waals surface area contributed by atoms with Crippen LogP contribution in [0.15, 0.2) is 58.2 Å². The van der Waals surface area contributed by atoms with Crippen LogP contribution in [0.25, 0.3) is 10.9 Å². The smallest absolute Gasteiger partial charge is 0.369 e.